The molecule has 1 heterocycles. The van der Waals surface area contributed by atoms with Gasteiger partial charge in [0, 0.05) is 10.9 Å². The van der Waals surface area contributed by atoms with Gasteiger partial charge in [0.1, 0.15) is 5.54 Å². The number of carbonyl (C=O) groups excluding carboxylic acids is 3. The third kappa shape index (κ3) is 3.34. The molecule has 1 saturated carbocycles. The van der Waals surface area contributed by atoms with E-state index >= 15 is 0 Å². The molecule has 1 unspecified atom stereocenters. The van der Waals surface area contributed by atoms with Crippen LogP contribution in [-0.2, 0) is 9.59 Å². The number of nitrogens with one attached hydrogen (secondary N) is 3. The minimum atomic E-state index is -1.21. The number of hydrogen-bond donors (Lipinski definition) is 4. The predicted molar refractivity (Wildman–Crippen MR) is 90.8 cm³/mol. The van der Waals surface area contributed by atoms with Crippen molar-refractivity contribution in [3.8, 4) is 0 Å². The van der Waals surface area contributed by atoms with Crippen molar-refractivity contribution in [2.45, 2.75) is 43.9 Å². The average molecular weight is 366 g/mol. The number of urea groups is 1. The van der Waals surface area contributed by atoms with E-state index in [4.69, 9.17) is 11.6 Å². The third-order valence-electron chi connectivity index (χ3n) is 4.75. The molecule has 1 saturated heterocycles. The number of amides is 4. The molecule has 25 heavy (non-hydrogen) atoms. The molecule has 7 nitrogen and oxygen atoms in total. The molecule has 1 aliphatic heterocycles. The number of imide groups is 1. The Morgan fingerprint density at radius 1 is 1.40 bits per heavy atom. The summed E-state index contributed by atoms with van der Waals surface area (Å²) in [5, 5.41) is 18.6. The SMILES string of the molecule is CC(C)(O)C(NC(=O)C1CC2(C1)NC(=O)NC2=O)c1cccc(Cl)c1. The van der Waals surface area contributed by atoms with Crippen molar-refractivity contribution in [2.24, 2.45) is 5.92 Å². The van der Waals surface area contributed by atoms with Gasteiger partial charge in [0.2, 0.25) is 5.91 Å². The fourth-order valence-electron chi connectivity index (χ4n) is 3.40. The Labute approximate surface area is 150 Å². The lowest BCUT2D eigenvalue weighted by atomic mass is 9.67. The van der Waals surface area contributed by atoms with Crippen LogP contribution in [0.2, 0.25) is 5.02 Å². The van der Waals surface area contributed by atoms with E-state index in [2.05, 4.69) is 16.0 Å². The summed E-state index contributed by atoms with van der Waals surface area (Å²) in [5.41, 5.74) is -1.49. The fourth-order valence-corrected chi connectivity index (χ4v) is 3.60. The van der Waals surface area contributed by atoms with Crippen LogP contribution < -0.4 is 16.0 Å². The minimum absolute atomic E-state index is 0.241. The van der Waals surface area contributed by atoms with Crippen LogP contribution in [0.25, 0.3) is 0 Å². The first kappa shape index (κ1) is 17.7. The molecule has 0 bridgehead atoms. The second-order valence-electron chi connectivity index (χ2n) is 7.25. The van der Waals surface area contributed by atoms with E-state index in [9.17, 15) is 19.5 Å². The first-order valence-electron chi connectivity index (χ1n) is 8.02. The van der Waals surface area contributed by atoms with Gasteiger partial charge in [-0.05, 0) is 44.4 Å². The van der Waals surface area contributed by atoms with Crippen LogP contribution in [0.15, 0.2) is 24.3 Å². The summed E-state index contributed by atoms with van der Waals surface area (Å²) >= 11 is 6.01. The van der Waals surface area contributed by atoms with E-state index < -0.39 is 35.0 Å². The van der Waals surface area contributed by atoms with E-state index in [1.165, 1.54) is 0 Å². The van der Waals surface area contributed by atoms with Gasteiger partial charge < -0.3 is 15.7 Å². The molecule has 4 amide bonds. The van der Waals surface area contributed by atoms with E-state index in [1.807, 2.05) is 0 Å². The van der Waals surface area contributed by atoms with Crippen LogP contribution in [0.3, 0.4) is 0 Å². The highest BCUT2D eigenvalue weighted by Gasteiger charge is 2.57. The van der Waals surface area contributed by atoms with E-state index in [1.54, 1.807) is 38.1 Å². The zero-order chi connectivity index (χ0) is 18.4. The molecule has 4 N–H and O–H groups in total. The largest absolute Gasteiger partial charge is 0.388 e. The normalized spacial score (nSPS) is 26.6. The molecule has 1 spiro atoms. The van der Waals surface area contributed by atoms with Crippen molar-refractivity contribution in [2.75, 3.05) is 0 Å². The summed E-state index contributed by atoms with van der Waals surface area (Å²) in [5.74, 6) is -1.07. The quantitative estimate of drug-likeness (QED) is 0.602. The Balaban J connectivity index is 1.70. The highest BCUT2D eigenvalue weighted by Crippen LogP contribution is 2.40. The standard InChI is InChI=1S/C17H20ClN3O4/c1-16(2,25)12(9-4-3-5-11(18)6-9)19-13(22)10-7-17(8-10)14(23)20-15(24)21-17/h3-6,10,12,25H,7-8H2,1-2H3,(H,19,22)(H2,20,21,23,24). The smallest absolute Gasteiger partial charge is 0.322 e. The van der Waals surface area contributed by atoms with Crippen molar-refractivity contribution in [3.63, 3.8) is 0 Å². The average Bonchev–Trinajstić information content (AvgIpc) is 2.76. The van der Waals surface area contributed by atoms with Gasteiger partial charge >= 0.3 is 6.03 Å². The van der Waals surface area contributed by atoms with Crippen LogP contribution in [0, 0.1) is 5.92 Å². The summed E-state index contributed by atoms with van der Waals surface area (Å²) < 4.78 is 0. The Kier molecular flexibility index (Phi) is 4.25. The molecule has 8 heteroatoms. The highest BCUT2D eigenvalue weighted by atomic mass is 35.5. The Bertz CT molecular complexity index is 738. The Morgan fingerprint density at radius 2 is 2.08 bits per heavy atom. The van der Waals surface area contributed by atoms with Gasteiger partial charge in [-0.25, -0.2) is 4.79 Å². The molecule has 134 valence electrons. The molecule has 1 aliphatic carbocycles. The van der Waals surface area contributed by atoms with Crippen LogP contribution in [0.1, 0.15) is 38.3 Å². The maximum absolute atomic E-state index is 12.6. The Morgan fingerprint density at radius 3 is 2.60 bits per heavy atom. The predicted octanol–water partition coefficient (Wildman–Crippen LogP) is 1.26. The van der Waals surface area contributed by atoms with Crippen LogP contribution in [0.4, 0.5) is 4.79 Å². The van der Waals surface area contributed by atoms with E-state index in [-0.39, 0.29) is 18.7 Å². The highest BCUT2D eigenvalue weighted by molar-refractivity contribution is 6.30. The van der Waals surface area contributed by atoms with Gasteiger partial charge in [0.05, 0.1) is 11.6 Å². The lowest BCUT2D eigenvalue weighted by molar-refractivity contribution is -0.138. The van der Waals surface area contributed by atoms with Crippen molar-refractivity contribution < 1.29 is 19.5 Å². The molecular formula is C17H20ClN3O4. The number of halogens is 1. The summed E-state index contributed by atoms with van der Waals surface area (Å²) in [6.07, 6.45) is 0.481. The van der Waals surface area contributed by atoms with Crippen LogP contribution in [-0.4, -0.2) is 34.1 Å². The second-order valence-corrected chi connectivity index (χ2v) is 7.68. The van der Waals surface area contributed by atoms with Crippen LogP contribution in [0.5, 0.6) is 0 Å². The molecule has 0 aromatic heterocycles. The number of benzene rings is 1. The van der Waals surface area contributed by atoms with Gasteiger partial charge in [-0.1, -0.05) is 23.7 Å². The summed E-state index contributed by atoms with van der Waals surface area (Å²) in [6, 6.07) is 5.75. The maximum Gasteiger partial charge on any atom is 0.322 e. The van der Waals surface area contributed by atoms with Crippen molar-refractivity contribution in [1.82, 2.24) is 16.0 Å². The fraction of sp³-hybridized carbons (Fsp3) is 0.471. The maximum atomic E-state index is 12.6. The van der Waals surface area contributed by atoms with Crippen LogP contribution >= 0.6 is 11.6 Å². The number of carbonyl (C=O) groups is 3. The molecule has 1 atom stereocenters. The lowest BCUT2D eigenvalue weighted by Gasteiger charge is -2.42. The van der Waals surface area contributed by atoms with Crippen molar-refractivity contribution in [3.05, 3.63) is 34.9 Å². The van der Waals surface area contributed by atoms with Gasteiger partial charge in [0.25, 0.3) is 5.91 Å². The third-order valence-corrected chi connectivity index (χ3v) is 4.99. The molecular weight excluding hydrogens is 346 g/mol. The summed E-state index contributed by atoms with van der Waals surface area (Å²) in [6.45, 7) is 3.21. The topological polar surface area (TPSA) is 108 Å². The number of rotatable bonds is 4. The monoisotopic (exact) mass is 365 g/mol. The van der Waals surface area contributed by atoms with Gasteiger partial charge in [-0.2, -0.15) is 0 Å². The first-order chi connectivity index (χ1) is 11.6. The molecule has 2 fully saturated rings. The van der Waals surface area contributed by atoms with Gasteiger partial charge in [0.15, 0.2) is 0 Å². The lowest BCUT2D eigenvalue weighted by Crippen LogP contribution is -2.60. The second kappa shape index (κ2) is 6.00. The minimum Gasteiger partial charge on any atom is -0.388 e. The first-order valence-corrected chi connectivity index (χ1v) is 8.40. The molecule has 3 rings (SSSR count). The van der Waals surface area contributed by atoms with Gasteiger partial charge in [-0.3, -0.25) is 14.9 Å². The van der Waals surface area contributed by atoms with E-state index in [0.717, 1.165) is 0 Å². The summed E-state index contributed by atoms with van der Waals surface area (Å²) in [7, 11) is 0. The number of hydrogen-bond acceptors (Lipinski definition) is 4. The molecule has 0 radical (unpaired) electrons. The zero-order valence-electron chi connectivity index (χ0n) is 13.9. The van der Waals surface area contributed by atoms with E-state index in [0.29, 0.717) is 10.6 Å². The van der Waals surface area contributed by atoms with Gasteiger partial charge in [-0.15, -0.1) is 0 Å². The van der Waals surface area contributed by atoms with Crippen molar-refractivity contribution in [1.29, 1.82) is 0 Å². The van der Waals surface area contributed by atoms with Crippen molar-refractivity contribution >= 4 is 29.4 Å². The zero-order valence-corrected chi connectivity index (χ0v) is 14.7. The molecule has 1 aromatic carbocycles. The Hall–Kier alpha value is -2.12. The molecule has 1 aromatic rings. The number of aliphatic hydroxyl groups is 1. The summed E-state index contributed by atoms with van der Waals surface area (Å²) in [4.78, 5) is 35.7. The molecule has 2 aliphatic rings.